The van der Waals surface area contributed by atoms with Crippen LogP contribution in [0.25, 0.3) is 0 Å². The first kappa shape index (κ1) is 20.4. The molecular formula is C22H19ClN2O4S. The number of fused-ring (bicyclic) bond motifs is 2. The van der Waals surface area contributed by atoms with Crippen LogP contribution >= 0.6 is 11.6 Å². The topological polar surface area (TPSA) is 84.5 Å². The van der Waals surface area contributed by atoms with E-state index in [0.717, 1.165) is 11.1 Å². The van der Waals surface area contributed by atoms with Crippen LogP contribution in [0, 0.1) is 0 Å². The summed E-state index contributed by atoms with van der Waals surface area (Å²) in [6, 6.07) is 19.1. The van der Waals surface area contributed by atoms with Crippen molar-refractivity contribution in [2.45, 2.75) is 23.9 Å². The van der Waals surface area contributed by atoms with Gasteiger partial charge in [-0.1, -0.05) is 48.0 Å². The van der Waals surface area contributed by atoms with Crippen LogP contribution in [0.4, 0.5) is 0 Å². The Kier molecular flexibility index (Phi) is 5.51. The third kappa shape index (κ3) is 4.05. The molecule has 3 aromatic rings. The molecule has 4 rings (SSSR count). The van der Waals surface area contributed by atoms with E-state index in [1.54, 1.807) is 0 Å². The number of rotatable bonds is 5. The van der Waals surface area contributed by atoms with Gasteiger partial charge in [-0.05, 0) is 43.3 Å². The van der Waals surface area contributed by atoms with E-state index in [1.165, 1.54) is 31.2 Å². The quantitative estimate of drug-likeness (QED) is 0.625. The molecule has 0 saturated carbocycles. The van der Waals surface area contributed by atoms with Crippen LogP contribution in [0.2, 0.25) is 5.02 Å². The number of benzene rings is 3. The number of halogens is 1. The zero-order valence-electron chi connectivity index (χ0n) is 16.0. The van der Waals surface area contributed by atoms with Gasteiger partial charge in [0.2, 0.25) is 15.9 Å². The molecule has 1 atom stereocenters. The first-order valence-corrected chi connectivity index (χ1v) is 11.2. The highest BCUT2D eigenvalue weighted by atomic mass is 35.5. The molecule has 1 aliphatic rings. The lowest BCUT2D eigenvalue weighted by Crippen LogP contribution is -2.46. The molecule has 0 bridgehead atoms. The minimum Gasteiger partial charge on any atom is -0.457 e. The van der Waals surface area contributed by atoms with Crippen LogP contribution in [0.3, 0.4) is 0 Å². The third-order valence-electron chi connectivity index (χ3n) is 4.82. The summed E-state index contributed by atoms with van der Waals surface area (Å²) in [6.45, 7) is 1.50. The van der Waals surface area contributed by atoms with Crippen LogP contribution in [0.1, 0.15) is 24.1 Å². The summed E-state index contributed by atoms with van der Waals surface area (Å²) < 4.78 is 33.5. The van der Waals surface area contributed by atoms with Gasteiger partial charge in [0.15, 0.2) is 0 Å². The van der Waals surface area contributed by atoms with Gasteiger partial charge >= 0.3 is 0 Å². The summed E-state index contributed by atoms with van der Waals surface area (Å²) in [5.41, 5.74) is 1.61. The van der Waals surface area contributed by atoms with E-state index < -0.39 is 28.0 Å². The van der Waals surface area contributed by atoms with Gasteiger partial charge in [-0.3, -0.25) is 4.79 Å². The van der Waals surface area contributed by atoms with Crippen molar-refractivity contribution in [1.82, 2.24) is 10.0 Å². The van der Waals surface area contributed by atoms with Gasteiger partial charge in [-0.25, -0.2) is 8.42 Å². The van der Waals surface area contributed by atoms with E-state index in [1.807, 2.05) is 48.5 Å². The number of amides is 1. The number of carbonyl (C=O) groups is 1. The smallest absolute Gasteiger partial charge is 0.241 e. The summed E-state index contributed by atoms with van der Waals surface area (Å²) in [4.78, 5) is 12.9. The standard InChI is InChI=1S/C22H19ClN2O4S/c1-14(25-30(27,28)16-12-10-15(23)11-13-16)22(26)24-21-17-6-2-4-8-19(17)29-20-9-5-3-7-18(20)21/h2-14,21,25H,1H3,(H,24,26)/t14-/m0/s1. The zero-order valence-corrected chi connectivity index (χ0v) is 17.6. The minimum atomic E-state index is -3.88. The van der Waals surface area contributed by atoms with E-state index in [0.29, 0.717) is 16.5 Å². The second-order valence-electron chi connectivity index (χ2n) is 6.92. The Morgan fingerprint density at radius 3 is 2.03 bits per heavy atom. The molecule has 6 nitrogen and oxygen atoms in total. The van der Waals surface area contributed by atoms with Crippen LogP contribution < -0.4 is 14.8 Å². The Morgan fingerprint density at radius 1 is 0.933 bits per heavy atom. The predicted octanol–water partition coefficient (Wildman–Crippen LogP) is 4.02. The van der Waals surface area contributed by atoms with Crippen LogP contribution in [-0.2, 0) is 14.8 Å². The Hall–Kier alpha value is -2.87. The lowest BCUT2D eigenvalue weighted by molar-refractivity contribution is -0.122. The Morgan fingerprint density at radius 2 is 1.47 bits per heavy atom. The van der Waals surface area contributed by atoms with Crippen molar-refractivity contribution in [2.24, 2.45) is 0 Å². The van der Waals surface area contributed by atoms with Gasteiger partial charge in [0.25, 0.3) is 0 Å². The number of ether oxygens (including phenoxy) is 1. The molecule has 0 saturated heterocycles. The normalized spacial score (nSPS) is 14.2. The molecule has 154 valence electrons. The maximum Gasteiger partial charge on any atom is 0.241 e. The highest BCUT2D eigenvalue weighted by Gasteiger charge is 2.30. The third-order valence-corrected chi connectivity index (χ3v) is 6.62. The largest absolute Gasteiger partial charge is 0.457 e. The molecule has 1 amide bonds. The SMILES string of the molecule is C[C@H](NS(=O)(=O)c1ccc(Cl)cc1)C(=O)NC1c2ccccc2Oc2ccccc21. The Bertz CT molecular complexity index is 1150. The van der Waals surface area contributed by atoms with Crippen molar-refractivity contribution >= 4 is 27.5 Å². The van der Waals surface area contributed by atoms with Gasteiger partial charge < -0.3 is 10.1 Å². The molecule has 8 heteroatoms. The lowest BCUT2D eigenvalue weighted by Gasteiger charge is -2.29. The molecule has 0 aromatic heterocycles. The van der Waals surface area contributed by atoms with Crippen molar-refractivity contribution in [3.05, 3.63) is 88.9 Å². The average molecular weight is 443 g/mol. The van der Waals surface area contributed by atoms with Crippen LogP contribution in [0.15, 0.2) is 77.7 Å². The second kappa shape index (κ2) is 8.10. The summed E-state index contributed by atoms with van der Waals surface area (Å²) >= 11 is 5.82. The minimum absolute atomic E-state index is 0.0355. The van der Waals surface area contributed by atoms with E-state index in [2.05, 4.69) is 10.0 Å². The second-order valence-corrected chi connectivity index (χ2v) is 9.07. The summed E-state index contributed by atoms with van der Waals surface area (Å²) in [6.07, 6.45) is 0. The van der Waals surface area contributed by atoms with Crippen molar-refractivity contribution in [3.8, 4) is 11.5 Å². The van der Waals surface area contributed by atoms with Crippen molar-refractivity contribution in [1.29, 1.82) is 0 Å². The van der Waals surface area contributed by atoms with E-state index >= 15 is 0 Å². The van der Waals surface area contributed by atoms with Gasteiger partial charge in [-0.15, -0.1) is 0 Å². The van der Waals surface area contributed by atoms with Crippen LogP contribution in [0.5, 0.6) is 11.5 Å². The fourth-order valence-corrected chi connectivity index (χ4v) is 4.63. The molecule has 1 heterocycles. The fraction of sp³-hybridized carbons (Fsp3) is 0.136. The van der Waals surface area contributed by atoms with Crippen molar-refractivity contribution in [3.63, 3.8) is 0 Å². The number of sulfonamides is 1. The first-order valence-electron chi connectivity index (χ1n) is 9.29. The number of nitrogens with one attached hydrogen (secondary N) is 2. The van der Waals surface area contributed by atoms with Gasteiger partial charge in [0.1, 0.15) is 11.5 Å². The Balaban J connectivity index is 1.56. The molecule has 3 aromatic carbocycles. The predicted molar refractivity (Wildman–Crippen MR) is 114 cm³/mol. The average Bonchev–Trinajstić information content (AvgIpc) is 2.73. The zero-order chi connectivity index (χ0) is 21.3. The maximum atomic E-state index is 12.9. The fourth-order valence-electron chi connectivity index (χ4n) is 3.30. The molecule has 30 heavy (non-hydrogen) atoms. The summed E-state index contributed by atoms with van der Waals surface area (Å²) in [7, 11) is -3.88. The first-order chi connectivity index (χ1) is 14.3. The highest BCUT2D eigenvalue weighted by molar-refractivity contribution is 7.89. The molecule has 0 spiro atoms. The van der Waals surface area contributed by atoms with E-state index in [4.69, 9.17) is 16.3 Å². The number of para-hydroxylation sites is 2. The summed E-state index contributed by atoms with van der Waals surface area (Å²) in [5.74, 6) is 0.843. The molecule has 0 unspecified atom stereocenters. The molecule has 0 aliphatic carbocycles. The maximum absolute atomic E-state index is 12.9. The monoisotopic (exact) mass is 442 g/mol. The van der Waals surface area contributed by atoms with Gasteiger partial charge in [0.05, 0.1) is 17.0 Å². The van der Waals surface area contributed by atoms with Crippen molar-refractivity contribution in [2.75, 3.05) is 0 Å². The van der Waals surface area contributed by atoms with Crippen LogP contribution in [-0.4, -0.2) is 20.4 Å². The number of hydrogen-bond acceptors (Lipinski definition) is 4. The number of carbonyl (C=O) groups excluding carboxylic acids is 1. The molecular weight excluding hydrogens is 424 g/mol. The summed E-state index contributed by atoms with van der Waals surface area (Å²) in [5, 5.41) is 3.37. The van der Waals surface area contributed by atoms with Gasteiger partial charge in [-0.2, -0.15) is 4.72 Å². The Labute approximate surface area is 179 Å². The molecule has 2 N–H and O–H groups in total. The molecule has 0 fully saturated rings. The lowest BCUT2D eigenvalue weighted by atomic mass is 9.94. The van der Waals surface area contributed by atoms with Crippen molar-refractivity contribution < 1.29 is 17.9 Å². The van der Waals surface area contributed by atoms with E-state index in [-0.39, 0.29) is 4.90 Å². The molecule has 1 aliphatic heterocycles. The number of hydrogen-bond donors (Lipinski definition) is 2. The van der Waals surface area contributed by atoms with E-state index in [9.17, 15) is 13.2 Å². The van der Waals surface area contributed by atoms with Gasteiger partial charge in [0, 0.05) is 16.1 Å². The highest BCUT2D eigenvalue weighted by Crippen LogP contribution is 2.42. The molecule has 0 radical (unpaired) electrons.